The fourth-order valence-corrected chi connectivity index (χ4v) is 5.68. The number of benzene rings is 3. The molecule has 7 heteroatoms. The van der Waals surface area contributed by atoms with Gasteiger partial charge in [-0.15, -0.1) is 0 Å². The molecule has 1 aliphatic heterocycles. The predicted molar refractivity (Wildman–Crippen MR) is 157 cm³/mol. The normalized spacial score (nSPS) is 18.7. The van der Waals surface area contributed by atoms with Crippen molar-refractivity contribution in [2.45, 2.75) is 52.4 Å². The van der Waals surface area contributed by atoms with Gasteiger partial charge >= 0.3 is 5.97 Å². The summed E-state index contributed by atoms with van der Waals surface area (Å²) >= 11 is 0. The van der Waals surface area contributed by atoms with Gasteiger partial charge in [-0.3, -0.25) is 14.6 Å². The average Bonchev–Trinajstić information content (AvgIpc) is 2.96. The molecule has 1 fully saturated rings. The van der Waals surface area contributed by atoms with Crippen molar-refractivity contribution in [1.29, 1.82) is 0 Å². The van der Waals surface area contributed by atoms with Crippen LogP contribution in [0.5, 0.6) is 5.75 Å². The maximum absolute atomic E-state index is 12.9. The minimum atomic E-state index is -0.328. The highest BCUT2D eigenvalue weighted by atomic mass is 16.5. The van der Waals surface area contributed by atoms with Crippen molar-refractivity contribution >= 4 is 11.9 Å². The van der Waals surface area contributed by atoms with Crippen molar-refractivity contribution in [3.8, 4) is 5.75 Å². The highest BCUT2D eigenvalue weighted by Gasteiger charge is 2.35. The maximum atomic E-state index is 12.9. The van der Waals surface area contributed by atoms with Gasteiger partial charge < -0.3 is 14.7 Å². The van der Waals surface area contributed by atoms with Gasteiger partial charge in [0.1, 0.15) is 5.75 Å². The van der Waals surface area contributed by atoms with E-state index in [1.807, 2.05) is 67.3 Å². The van der Waals surface area contributed by atoms with Crippen LogP contribution in [0, 0.1) is 0 Å². The molecule has 0 bridgehead atoms. The van der Waals surface area contributed by atoms with Crippen LogP contribution < -0.4 is 0 Å². The number of nitrogens with zero attached hydrogens (tertiary/aromatic N) is 3. The fraction of sp³-hybridized carbons (Fsp3) is 0.394. The van der Waals surface area contributed by atoms with E-state index in [2.05, 4.69) is 41.8 Å². The monoisotopic (exact) mass is 543 g/mol. The number of methoxy groups -OCH3 is 1. The van der Waals surface area contributed by atoms with Crippen molar-refractivity contribution in [2.75, 3.05) is 33.3 Å². The van der Waals surface area contributed by atoms with E-state index in [-0.39, 0.29) is 35.8 Å². The van der Waals surface area contributed by atoms with Crippen LogP contribution in [0.4, 0.5) is 0 Å². The van der Waals surface area contributed by atoms with Crippen LogP contribution in [0.25, 0.3) is 0 Å². The number of hydrogen-bond acceptors (Lipinski definition) is 6. The number of rotatable bonds is 9. The Balaban J connectivity index is 1.57. The zero-order valence-electron chi connectivity index (χ0n) is 24.2. The maximum Gasteiger partial charge on any atom is 0.337 e. The summed E-state index contributed by atoms with van der Waals surface area (Å²) in [6, 6.07) is 23.5. The number of piperazine rings is 1. The third kappa shape index (κ3) is 6.54. The molecule has 0 spiro atoms. The van der Waals surface area contributed by atoms with E-state index in [1.165, 1.54) is 7.11 Å². The molecular formula is C33H41N3O4. The summed E-state index contributed by atoms with van der Waals surface area (Å²) in [6.45, 7) is 12.3. The minimum absolute atomic E-state index is 0.0423. The van der Waals surface area contributed by atoms with Gasteiger partial charge in [0, 0.05) is 50.4 Å². The number of carbonyl (C=O) groups is 2. The van der Waals surface area contributed by atoms with Gasteiger partial charge in [0.2, 0.25) is 0 Å². The second kappa shape index (κ2) is 13.1. The summed E-state index contributed by atoms with van der Waals surface area (Å²) in [7, 11) is 1.39. The standard InChI is InChI=1S/C33H41N3O4/c1-6-34(7-2)32(38)27-17-15-26(16-18-27)31(29-9-8-10-30(37)19-29)36-21-23(3)35(20-24(36)4)22-25-11-13-28(14-12-25)33(39)40-5/h8-19,23-24,31,37H,6-7,20-22H2,1-5H3/t23-,24+,31?/m1/s1. The van der Waals surface area contributed by atoms with Crippen LogP contribution in [0.1, 0.15) is 71.1 Å². The lowest BCUT2D eigenvalue weighted by atomic mass is 9.92. The number of hydrogen-bond donors (Lipinski definition) is 1. The van der Waals surface area contributed by atoms with Crippen molar-refractivity contribution in [2.24, 2.45) is 0 Å². The summed E-state index contributed by atoms with van der Waals surface area (Å²) in [4.78, 5) is 31.5. The van der Waals surface area contributed by atoms with Gasteiger partial charge in [-0.25, -0.2) is 4.79 Å². The first-order valence-corrected chi connectivity index (χ1v) is 14.1. The Kier molecular flexibility index (Phi) is 9.61. The summed E-state index contributed by atoms with van der Waals surface area (Å²) in [5, 5.41) is 10.3. The first-order chi connectivity index (χ1) is 19.2. The van der Waals surface area contributed by atoms with E-state index < -0.39 is 0 Å². The lowest BCUT2D eigenvalue weighted by Crippen LogP contribution is -2.56. The van der Waals surface area contributed by atoms with Gasteiger partial charge in [-0.05, 0) is 80.8 Å². The topological polar surface area (TPSA) is 73.3 Å². The quantitative estimate of drug-likeness (QED) is 0.367. The van der Waals surface area contributed by atoms with E-state index >= 15 is 0 Å². The SMILES string of the molecule is CCN(CC)C(=O)c1ccc(C(c2cccc(O)c2)N2C[C@@H](C)N(Cc3ccc(C(=O)OC)cc3)C[C@@H]2C)cc1. The first kappa shape index (κ1) is 29.3. The van der Waals surface area contributed by atoms with E-state index in [0.717, 1.165) is 36.3 Å². The third-order valence-corrected chi connectivity index (χ3v) is 7.97. The van der Waals surface area contributed by atoms with Crippen LogP contribution in [0.2, 0.25) is 0 Å². The van der Waals surface area contributed by atoms with E-state index in [0.29, 0.717) is 24.2 Å². The van der Waals surface area contributed by atoms with Crippen molar-refractivity contribution in [3.63, 3.8) is 0 Å². The highest BCUT2D eigenvalue weighted by Crippen LogP contribution is 2.35. The molecule has 1 saturated heterocycles. The molecule has 1 aliphatic rings. The second-order valence-corrected chi connectivity index (χ2v) is 10.6. The number of phenols is 1. The Hall–Kier alpha value is -3.68. The molecule has 1 amide bonds. The largest absolute Gasteiger partial charge is 0.508 e. The van der Waals surface area contributed by atoms with Crippen LogP contribution in [-0.4, -0.2) is 77.1 Å². The molecule has 212 valence electrons. The number of amides is 1. The van der Waals surface area contributed by atoms with Crippen molar-refractivity contribution < 1.29 is 19.4 Å². The van der Waals surface area contributed by atoms with Crippen LogP contribution in [0.3, 0.4) is 0 Å². The summed E-state index contributed by atoms with van der Waals surface area (Å²) in [6.07, 6.45) is 0. The van der Waals surface area contributed by atoms with Gasteiger partial charge in [0.25, 0.3) is 5.91 Å². The molecule has 0 radical (unpaired) electrons. The van der Waals surface area contributed by atoms with Crippen LogP contribution in [-0.2, 0) is 11.3 Å². The van der Waals surface area contributed by atoms with Crippen LogP contribution in [0.15, 0.2) is 72.8 Å². The van der Waals surface area contributed by atoms with E-state index in [9.17, 15) is 14.7 Å². The Labute approximate surface area is 238 Å². The van der Waals surface area contributed by atoms with Crippen molar-refractivity contribution in [3.05, 3.63) is 101 Å². The molecule has 40 heavy (non-hydrogen) atoms. The smallest absolute Gasteiger partial charge is 0.337 e. The summed E-state index contributed by atoms with van der Waals surface area (Å²) < 4.78 is 4.82. The van der Waals surface area contributed by atoms with Crippen LogP contribution >= 0.6 is 0 Å². The molecule has 0 aromatic heterocycles. The molecule has 3 aromatic carbocycles. The van der Waals surface area contributed by atoms with Gasteiger partial charge in [0.15, 0.2) is 0 Å². The molecule has 4 rings (SSSR count). The Morgan fingerprint density at radius 3 is 2.15 bits per heavy atom. The number of carbonyl (C=O) groups excluding carboxylic acids is 2. The molecule has 7 nitrogen and oxygen atoms in total. The second-order valence-electron chi connectivity index (χ2n) is 10.6. The molecule has 0 saturated carbocycles. The fourth-order valence-electron chi connectivity index (χ4n) is 5.68. The molecule has 1 unspecified atom stereocenters. The lowest BCUT2D eigenvalue weighted by Gasteiger charge is -2.47. The third-order valence-electron chi connectivity index (χ3n) is 7.97. The van der Waals surface area contributed by atoms with Gasteiger partial charge in [-0.2, -0.15) is 0 Å². The van der Waals surface area contributed by atoms with E-state index in [4.69, 9.17) is 4.74 Å². The molecule has 3 atom stereocenters. The molecule has 0 aliphatic carbocycles. The first-order valence-electron chi connectivity index (χ1n) is 14.1. The predicted octanol–water partition coefficient (Wildman–Crippen LogP) is 5.35. The number of phenolic OH excluding ortho intramolecular Hbond substituents is 1. The highest BCUT2D eigenvalue weighted by molar-refractivity contribution is 5.94. The zero-order chi connectivity index (χ0) is 28.8. The zero-order valence-corrected chi connectivity index (χ0v) is 24.2. The van der Waals surface area contributed by atoms with Gasteiger partial charge in [0.05, 0.1) is 18.7 Å². The number of aromatic hydroxyl groups is 1. The molecular weight excluding hydrogens is 502 g/mol. The minimum Gasteiger partial charge on any atom is -0.508 e. The van der Waals surface area contributed by atoms with E-state index in [1.54, 1.807) is 6.07 Å². The Morgan fingerprint density at radius 2 is 1.55 bits per heavy atom. The average molecular weight is 544 g/mol. The Morgan fingerprint density at radius 1 is 0.900 bits per heavy atom. The lowest BCUT2D eigenvalue weighted by molar-refractivity contribution is 0.0195. The summed E-state index contributed by atoms with van der Waals surface area (Å²) in [5.41, 5.74) is 4.50. The molecule has 1 N–H and O–H groups in total. The summed E-state index contributed by atoms with van der Waals surface area (Å²) in [5.74, 6) is -0.0446. The van der Waals surface area contributed by atoms with Gasteiger partial charge in [-0.1, -0.05) is 36.4 Å². The molecule has 3 aromatic rings. The van der Waals surface area contributed by atoms with Crippen molar-refractivity contribution in [1.82, 2.24) is 14.7 Å². The number of ether oxygens (including phenoxy) is 1. The number of esters is 1. The Bertz CT molecular complexity index is 1290. The molecule has 1 heterocycles.